The number of methoxy groups -OCH3 is 2. The Morgan fingerprint density at radius 2 is 1.93 bits per heavy atom. The molecule has 0 aliphatic rings. The summed E-state index contributed by atoms with van der Waals surface area (Å²) < 4.78 is 10.3. The van der Waals surface area contributed by atoms with Crippen molar-refractivity contribution in [1.82, 2.24) is 5.32 Å². The zero-order chi connectivity index (χ0) is 11.3. The van der Waals surface area contributed by atoms with Crippen molar-refractivity contribution >= 4 is 0 Å². The fraction of sp³-hybridized carbons (Fsp3) is 0.500. The monoisotopic (exact) mass is 209 g/mol. The number of hydrogen-bond donors (Lipinski definition) is 1. The quantitative estimate of drug-likeness (QED) is 0.594. The third-order valence-electron chi connectivity index (χ3n) is 2.34. The first-order chi connectivity index (χ1) is 7.19. The smallest absolute Gasteiger partial charge is 0.123 e. The van der Waals surface area contributed by atoms with E-state index < -0.39 is 0 Å². The van der Waals surface area contributed by atoms with Gasteiger partial charge in [-0.15, -0.1) is 0 Å². The Hall–Kier alpha value is -1.06. The van der Waals surface area contributed by atoms with Crippen LogP contribution in [0.2, 0.25) is 0 Å². The van der Waals surface area contributed by atoms with Gasteiger partial charge < -0.3 is 9.47 Å². The lowest BCUT2D eigenvalue weighted by Crippen LogP contribution is -2.17. The molecule has 0 heterocycles. The largest absolute Gasteiger partial charge is 0.496 e. The van der Waals surface area contributed by atoms with Crippen molar-refractivity contribution in [3.05, 3.63) is 28.8 Å². The third kappa shape index (κ3) is 3.22. The van der Waals surface area contributed by atoms with Gasteiger partial charge in [-0.1, -0.05) is 6.07 Å². The molecule has 1 rings (SSSR count). The van der Waals surface area contributed by atoms with Gasteiger partial charge in [-0.2, -0.15) is 0 Å². The minimum atomic E-state index is 0.552. The molecule has 0 bridgehead atoms. The summed E-state index contributed by atoms with van der Waals surface area (Å²) in [5.74, 6) is 0.941. The molecule has 0 aromatic heterocycles. The molecular formula is C12H19NO2. The van der Waals surface area contributed by atoms with Crippen LogP contribution in [0.5, 0.6) is 5.75 Å². The van der Waals surface area contributed by atoms with Crippen molar-refractivity contribution in [3.63, 3.8) is 0 Å². The molecule has 0 spiro atoms. The Kier molecular flexibility index (Phi) is 4.59. The lowest BCUT2D eigenvalue weighted by atomic mass is 10.0. The van der Waals surface area contributed by atoms with Gasteiger partial charge >= 0.3 is 0 Å². The molecule has 1 aromatic carbocycles. The van der Waals surface area contributed by atoms with Crippen LogP contribution in [0.4, 0.5) is 0 Å². The molecule has 84 valence electrons. The Labute approximate surface area is 91.4 Å². The molecule has 0 amide bonds. The molecule has 0 unspecified atom stereocenters. The van der Waals surface area contributed by atoms with Crippen LogP contribution < -0.4 is 10.1 Å². The van der Waals surface area contributed by atoms with Gasteiger partial charge in [0.25, 0.3) is 0 Å². The first kappa shape index (κ1) is 12.0. The first-order valence-corrected chi connectivity index (χ1v) is 5.02. The van der Waals surface area contributed by atoms with Crippen LogP contribution in [-0.4, -0.2) is 21.0 Å². The Bertz CT molecular complexity index is 324. The van der Waals surface area contributed by atoms with Crippen molar-refractivity contribution in [3.8, 4) is 5.75 Å². The maximum atomic E-state index is 5.36. The number of aryl methyl sites for hydroxylation is 2. The van der Waals surface area contributed by atoms with Crippen LogP contribution in [0.15, 0.2) is 12.1 Å². The summed E-state index contributed by atoms with van der Waals surface area (Å²) in [6, 6.07) is 4.21. The number of nitrogens with one attached hydrogen (secondary N) is 1. The molecule has 0 saturated heterocycles. The normalized spacial score (nSPS) is 10.4. The predicted molar refractivity (Wildman–Crippen MR) is 61.2 cm³/mol. The average Bonchev–Trinajstić information content (AvgIpc) is 2.20. The fourth-order valence-corrected chi connectivity index (χ4v) is 1.65. The summed E-state index contributed by atoms with van der Waals surface area (Å²) in [5.41, 5.74) is 3.66. The molecular weight excluding hydrogens is 190 g/mol. The third-order valence-corrected chi connectivity index (χ3v) is 2.34. The van der Waals surface area contributed by atoms with Crippen LogP contribution in [0.1, 0.15) is 16.7 Å². The molecule has 0 aliphatic heterocycles. The number of ether oxygens (including phenoxy) is 2. The highest BCUT2D eigenvalue weighted by Crippen LogP contribution is 2.23. The van der Waals surface area contributed by atoms with E-state index in [0.29, 0.717) is 6.73 Å². The van der Waals surface area contributed by atoms with E-state index in [-0.39, 0.29) is 0 Å². The van der Waals surface area contributed by atoms with Gasteiger partial charge in [0.2, 0.25) is 0 Å². The van der Waals surface area contributed by atoms with E-state index in [4.69, 9.17) is 9.47 Å². The van der Waals surface area contributed by atoms with Crippen LogP contribution in [-0.2, 0) is 11.3 Å². The summed E-state index contributed by atoms with van der Waals surface area (Å²) in [6.45, 7) is 5.49. The van der Waals surface area contributed by atoms with Crippen LogP contribution in [0.25, 0.3) is 0 Å². The second-order valence-electron chi connectivity index (χ2n) is 3.62. The summed E-state index contributed by atoms with van der Waals surface area (Å²) in [6.07, 6.45) is 0. The highest BCUT2D eigenvalue weighted by atomic mass is 16.5. The lowest BCUT2D eigenvalue weighted by molar-refractivity contribution is 0.174. The fourth-order valence-electron chi connectivity index (χ4n) is 1.65. The van der Waals surface area contributed by atoms with Gasteiger partial charge in [-0.25, -0.2) is 0 Å². The maximum Gasteiger partial charge on any atom is 0.123 e. The van der Waals surface area contributed by atoms with Crippen LogP contribution in [0, 0.1) is 13.8 Å². The van der Waals surface area contributed by atoms with Crippen molar-refractivity contribution in [2.75, 3.05) is 21.0 Å². The maximum absolute atomic E-state index is 5.36. The van der Waals surface area contributed by atoms with E-state index in [9.17, 15) is 0 Å². The number of rotatable bonds is 5. The minimum absolute atomic E-state index is 0.552. The van der Waals surface area contributed by atoms with E-state index in [0.717, 1.165) is 12.3 Å². The van der Waals surface area contributed by atoms with Crippen molar-refractivity contribution in [2.45, 2.75) is 20.4 Å². The molecule has 0 fully saturated rings. The zero-order valence-corrected chi connectivity index (χ0v) is 9.89. The standard InChI is InChI=1S/C12H19NO2/c1-9-5-10(2)11(7-13-8-14-3)12(6-9)15-4/h5-6,13H,7-8H2,1-4H3. The topological polar surface area (TPSA) is 30.5 Å². The summed E-state index contributed by atoms with van der Waals surface area (Å²) in [4.78, 5) is 0. The van der Waals surface area contributed by atoms with E-state index >= 15 is 0 Å². The SMILES string of the molecule is COCNCc1c(C)cc(C)cc1OC. The first-order valence-electron chi connectivity index (χ1n) is 5.02. The molecule has 1 aromatic rings. The average molecular weight is 209 g/mol. The Morgan fingerprint density at radius 1 is 1.20 bits per heavy atom. The van der Waals surface area contributed by atoms with E-state index in [1.807, 2.05) is 0 Å². The van der Waals surface area contributed by atoms with Crippen LogP contribution >= 0.6 is 0 Å². The molecule has 15 heavy (non-hydrogen) atoms. The molecule has 0 atom stereocenters. The Morgan fingerprint density at radius 3 is 2.53 bits per heavy atom. The highest BCUT2D eigenvalue weighted by molar-refractivity contribution is 5.42. The zero-order valence-electron chi connectivity index (χ0n) is 9.89. The second-order valence-corrected chi connectivity index (χ2v) is 3.62. The molecule has 0 aliphatic carbocycles. The second kappa shape index (κ2) is 5.73. The predicted octanol–water partition coefficient (Wildman–Crippen LogP) is 2.01. The van der Waals surface area contributed by atoms with Gasteiger partial charge in [0.1, 0.15) is 5.75 Å². The number of benzene rings is 1. The van der Waals surface area contributed by atoms with E-state index in [1.165, 1.54) is 16.7 Å². The molecule has 3 heteroatoms. The van der Waals surface area contributed by atoms with E-state index in [2.05, 4.69) is 31.3 Å². The molecule has 3 nitrogen and oxygen atoms in total. The van der Waals surface area contributed by atoms with Crippen molar-refractivity contribution in [1.29, 1.82) is 0 Å². The Balaban J connectivity index is 2.84. The lowest BCUT2D eigenvalue weighted by Gasteiger charge is -2.13. The molecule has 1 N–H and O–H groups in total. The van der Waals surface area contributed by atoms with Crippen molar-refractivity contribution < 1.29 is 9.47 Å². The van der Waals surface area contributed by atoms with Gasteiger partial charge in [0.05, 0.1) is 13.8 Å². The summed E-state index contributed by atoms with van der Waals surface area (Å²) >= 11 is 0. The minimum Gasteiger partial charge on any atom is -0.496 e. The van der Waals surface area contributed by atoms with Gasteiger partial charge in [0, 0.05) is 19.2 Å². The molecule has 0 saturated carbocycles. The van der Waals surface area contributed by atoms with Gasteiger partial charge in [0.15, 0.2) is 0 Å². The van der Waals surface area contributed by atoms with Gasteiger partial charge in [-0.3, -0.25) is 5.32 Å². The summed E-state index contributed by atoms with van der Waals surface area (Å²) in [7, 11) is 3.38. The van der Waals surface area contributed by atoms with Crippen molar-refractivity contribution in [2.24, 2.45) is 0 Å². The number of hydrogen-bond acceptors (Lipinski definition) is 3. The summed E-state index contributed by atoms with van der Waals surface area (Å²) in [5, 5.41) is 3.18. The molecule has 0 radical (unpaired) electrons. The van der Waals surface area contributed by atoms with Gasteiger partial charge in [-0.05, 0) is 31.0 Å². The van der Waals surface area contributed by atoms with Crippen LogP contribution in [0.3, 0.4) is 0 Å². The highest BCUT2D eigenvalue weighted by Gasteiger charge is 2.06. The van der Waals surface area contributed by atoms with E-state index in [1.54, 1.807) is 14.2 Å².